The second-order valence-corrected chi connectivity index (χ2v) is 4.21. The van der Waals surface area contributed by atoms with Gasteiger partial charge in [0.1, 0.15) is 6.10 Å². The van der Waals surface area contributed by atoms with Crippen molar-refractivity contribution < 1.29 is 9.53 Å². The lowest BCUT2D eigenvalue weighted by molar-refractivity contribution is -0.132. The molecule has 1 rings (SSSR count). The Labute approximate surface area is 91.2 Å². The fourth-order valence-electron chi connectivity index (χ4n) is 1.77. The molecule has 0 aliphatic heterocycles. The SMILES string of the molecule is CNC1C=C(CC(C)C)C=CC1OC=O. The minimum absolute atomic E-state index is 0.0916. The first-order chi connectivity index (χ1) is 7.17. The number of carbonyl (C=O) groups is 1. The molecule has 15 heavy (non-hydrogen) atoms. The van der Waals surface area contributed by atoms with E-state index in [1.54, 1.807) is 0 Å². The van der Waals surface area contributed by atoms with E-state index in [0.29, 0.717) is 12.4 Å². The molecule has 0 amide bonds. The molecule has 3 nitrogen and oxygen atoms in total. The Kier molecular flexibility index (Phi) is 4.56. The first-order valence-corrected chi connectivity index (χ1v) is 5.32. The number of rotatable bonds is 5. The predicted octanol–water partition coefficient (Wildman–Crippen LogP) is 1.66. The van der Waals surface area contributed by atoms with E-state index in [0.717, 1.165) is 6.42 Å². The summed E-state index contributed by atoms with van der Waals surface area (Å²) < 4.78 is 4.97. The number of ether oxygens (including phenoxy) is 1. The molecule has 1 aliphatic rings. The van der Waals surface area contributed by atoms with E-state index in [2.05, 4.69) is 25.2 Å². The average Bonchev–Trinajstić information content (AvgIpc) is 2.20. The minimum Gasteiger partial charge on any atom is -0.458 e. The van der Waals surface area contributed by atoms with Gasteiger partial charge in [-0.15, -0.1) is 0 Å². The van der Waals surface area contributed by atoms with Crippen molar-refractivity contribution >= 4 is 6.47 Å². The lowest BCUT2D eigenvalue weighted by atomic mass is 9.94. The van der Waals surface area contributed by atoms with Crippen molar-refractivity contribution in [2.45, 2.75) is 32.4 Å². The van der Waals surface area contributed by atoms with Crippen LogP contribution in [0.25, 0.3) is 0 Å². The van der Waals surface area contributed by atoms with Gasteiger partial charge >= 0.3 is 0 Å². The summed E-state index contributed by atoms with van der Waals surface area (Å²) in [5.74, 6) is 0.641. The Hall–Kier alpha value is -1.09. The van der Waals surface area contributed by atoms with Gasteiger partial charge in [-0.05, 0) is 25.5 Å². The van der Waals surface area contributed by atoms with Crippen LogP contribution in [0.1, 0.15) is 20.3 Å². The van der Waals surface area contributed by atoms with E-state index in [9.17, 15) is 4.79 Å². The fraction of sp³-hybridized carbons (Fsp3) is 0.583. The third-order valence-corrected chi connectivity index (χ3v) is 2.44. The van der Waals surface area contributed by atoms with E-state index in [1.807, 2.05) is 19.2 Å². The largest absolute Gasteiger partial charge is 0.458 e. The number of nitrogens with one attached hydrogen (secondary N) is 1. The number of likely N-dealkylation sites (N-methyl/N-ethyl adjacent to an activating group) is 1. The van der Waals surface area contributed by atoms with Crippen LogP contribution in [0.15, 0.2) is 23.8 Å². The highest BCUT2D eigenvalue weighted by Gasteiger charge is 2.20. The van der Waals surface area contributed by atoms with Crippen molar-refractivity contribution in [3.63, 3.8) is 0 Å². The molecule has 1 aliphatic carbocycles. The average molecular weight is 209 g/mol. The first-order valence-electron chi connectivity index (χ1n) is 5.32. The summed E-state index contributed by atoms with van der Waals surface area (Å²) in [4.78, 5) is 10.3. The van der Waals surface area contributed by atoms with Crippen LogP contribution in [-0.4, -0.2) is 25.7 Å². The Morgan fingerprint density at radius 2 is 2.33 bits per heavy atom. The molecule has 0 radical (unpaired) electrons. The molecule has 2 atom stereocenters. The quantitative estimate of drug-likeness (QED) is 0.700. The van der Waals surface area contributed by atoms with E-state index in [1.165, 1.54) is 5.57 Å². The van der Waals surface area contributed by atoms with Crippen LogP contribution in [0, 0.1) is 5.92 Å². The van der Waals surface area contributed by atoms with Crippen molar-refractivity contribution in [2.24, 2.45) is 5.92 Å². The molecular weight excluding hydrogens is 190 g/mol. The van der Waals surface area contributed by atoms with Gasteiger partial charge in [0.05, 0.1) is 6.04 Å². The summed E-state index contributed by atoms with van der Waals surface area (Å²) in [5.41, 5.74) is 1.30. The van der Waals surface area contributed by atoms with Crippen LogP contribution in [0.2, 0.25) is 0 Å². The smallest absolute Gasteiger partial charge is 0.293 e. The second kappa shape index (κ2) is 5.71. The van der Waals surface area contributed by atoms with Crippen molar-refractivity contribution in [1.82, 2.24) is 5.32 Å². The van der Waals surface area contributed by atoms with Crippen molar-refractivity contribution in [3.05, 3.63) is 23.8 Å². The molecule has 0 aromatic carbocycles. The molecule has 0 aromatic heterocycles. The number of allylic oxidation sites excluding steroid dienone is 2. The minimum atomic E-state index is -0.177. The van der Waals surface area contributed by atoms with Gasteiger partial charge in [0, 0.05) is 0 Å². The van der Waals surface area contributed by atoms with Crippen LogP contribution >= 0.6 is 0 Å². The van der Waals surface area contributed by atoms with E-state index in [4.69, 9.17) is 4.74 Å². The normalized spacial score (nSPS) is 25.2. The highest BCUT2D eigenvalue weighted by molar-refractivity contribution is 5.40. The van der Waals surface area contributed by atoms with Crippen molar-refractivity contribution in [3.8, 4) is 0 Å². The van der Waals surface area contributed by atoms with Crippen LogP contribution in [0.5, 0.6) is 0 Å². The van der Waals surface area contributed by atoms with Gasteiger partial charge in [0.15, 0.2) is 0 Å². The maximum Gasteiger partial charge on any atom is 0.293 e. The van der Waals surface area contributed by atoms with Gasteiger partial charge < -0.3 is 10.1 Å². The zero-order valence-corrected chi connectivity index (χ0v) is 9.57. The molecule has 0 spiro atoms. The Morgan fingerprint density at radius 1 is 1.60 bits per heavy atom. The highest BCUT2D eigenvalue weighted by atomic mass is 16.5. The van der Waals surface area contributed by atoms with Crippen molar-refractivity contribution in [1.29, 1.82) is 0 Å². The molecular formula is C12H19NO2. The molecule has 1 N–H and O–H groups in total. The second-order valence-electron chi connectivity index (χ2n) is 4.21. The third kappa shape index (κ3) is 3.51. The Morgan fingerprint density at radius 3 is 2.87 bits per heavy atom. The van der Waals surface area contributed by atoms with E-state index in [-0.39, 0.29) is 12.1 Å². The molecule has 84 valence electrons. The fourth-order valence-corrected chi connectivity index (χ4v) is 1.77. The summed E-state index contributed by atoms with van der Waals surface area (Å²) in [6.45, 7) is 4.88. The highest BCUT2D eigenvalue weighted by Crippen LogP contribution is 2.19. The number of hydrogen-bond acceptors (Lipinski definition) is 3. The molecule has 0 aromatic rings. The molecule has 0 saturated carbocycles. The molecule has 3 heteroatoms. The van der Waals surface area contributed by atoms with Gasteiger partial charge in [0.25, 0.3) is 6.47 Å². The third-order valence-electron chi connectivity index (χ3n) is 2.44. The van der Waals surface area contributed by atoms with Crippen LogP contribution in [0.3, 0.4) is 0 Å². The van der Waals surface area contributed by atoms with E-state index >= 15 is 0 Å². The van der Waals surface area contributed by atoms with Gasteiger partial charge in [0.2, 0.25) is 0 Å². The van der Waals surface area contributed by atoms with E-state index < -0.39 is 0 Å². The molecule has 2 unspecified atom stereocenters. The Bertz CT molecular complexity index is 269. The predicted molar refractivity (Wildman–Crippen MR) is 60.5 cm³/mol. The topological polar surface area (TPSA) is 38.3 Å². The van der Waals surface area contributed by atoms with Gasteiger partial charge in [-0.3, -0.25) is 4.79 Å². The molecule has 0 fully saturated rings. The monoisotopic (exact) mass is 209 g/mol. The van der Waals surface area contributed by atoms with Gasteiger partial charge in [-0.2, -0.15) is 0 Å². The van der Waals surface area contributed by atoms with Crippen molar-refractivity contribution in [2.75, 3.05) is 7.05 Å². The zero-order valence-electron chi connectivity index (χ0n) is 9.57. The lowest BCUT2D eigenvalue weighted by Gasteiger charge is -2.24. The maximum absolute atomic E-state index is 10.3. The van der Waals surface area contributed by atoms with Crippen LogP contribution in [-0.2, 0) is 9.53 Å². The molecule has 0 saturated heterocycles. The Balaban J connectivity index is 2.65. The molecule has 0 bridgehead atoms. The first kappa shape index (κ1) is 12.0. The van der Waals surface area contributed by atoms with Crippen LogP contribution < -0.4 is 5.32 Å². The summed E-state index contributed by atoms with van der Waals surface area (Å²) in [5, 5.41) is 3.13. The summed E-state index contributed by atoms with van der Waals surface area (Å²) >= 11 is 0. The zero-order chi connectivity index (χ0) is 11.3. The van der Waals surface area contributed by atoms with Crippen LogP contribution in [0.4, 0.5) is 0 Å². The summed E-state index contributed by atoms with van der Waals surface area (Å²) in [6.07, 6.45) is 7.00. The standard InChI is InChI=1S/C12H19NO2/c1-9(2)6-10-4-5-12(15-8-14)11(7-10)13-3/h4-5,7-9,11-13H,6H2,1-3H3. The van der Waals surface area contributed by atoms with Gasteiger partial charge in [-0.1, -0.05) is 31.6 Å². The molecule has 0 heterocycles. The lowest BCUT2D eigenvalue weighted by Crippen LogP contribution is -2.38. The number of carbonyl (C=O) groups excluding carboxylic acids is 1. The maximum atomic E-state index is 10.3. The van der Waals surface area contributed by atoms with Gasteiger partial charge in [-0.25, -0.2) is 0 Å². The number of hydrogen-bond donors (Lipinski definition) is 1. The summed E-state index contributed by atoms with van der Waals surface area (Å²) in [6, 6.07) is 0.0916. The summed E-state index contributed by atoms with van der Waals surface area (Å²) in [7, 11) is 1.87.